The van der Waals surface area contributed by atoms with Gasteiger partial charge in [-0.3, -0.25) is 9.59 Å². The number of anilines is 2. The fourth-order valence-electron chi connectivity index (χ4n) is 1.77. The third kappa shape index (κ3) is 2.82. The van der Waals surface area contributed by atoms with E-state index in [1.165, 1.54) is 12.3 Å². The highest BCUT2D eigenvalue weighted by molar-refractivity contribution is 6.04. The van der Waals surface area contributed by atoms with Crippen molar-refractivity contribution < 1.29 is 4.79 Å². The summed E-state index contributed by atoms with van der Waals surface area (Å²) in [6.45, 7) is 3.60. The van der Waals surface area contributed by atoms with Crippen molar-refractivity contribution in [1.29, 1.82) is 0 Å². The molecule has 0 saturated heterocycles. The average Bonchev–Trinajstić information content (AvgIpc) is 2.32. The first-order chi connectivity index (χ1) is 8.97. The molecule has 0 aliphatic heterocycles. The van der Waals surface area contributed by atoms with Gasteiger partial charge in [0.1, 0.15) is 5.56 Å². The Morgan fingerprint density at radius 3 is 2.63 bits per heavy atom. The number of aryl methyl sites for hydroxylation is 2. The molecule has 2 aromatic rings. The van der Waals surface area contributed by atoms with Gasteiger partial charge in [-0.05, 0) is 37.6 Å². The molecule has 0 atom stereocenters. The van der Waals surface area contributed by atoms with E-state index in [1.807, 2.05) is 6.92 Å². The first-order valence-electron chi connectivity index (χ1n) is 5.84. The fraction of sp³-hybridized carbons (Fsp3) is 0.143. The number of hydrogen-bond donors (Lipinski definition) is 3. The number of pyridine rings is 1. The Morgan fingerprint density at radius 1 is 1.26 bits per heavy atom. The van der Waals surface area contributed by atoms with Gasteiger partial charge >= 0.3 is 0 Å². The second-order valence-electron chi connectivity index (χ2n) is 4.42. The van der Waals surface area contributed by atoms with Crippen LogP contribution in [0.5, 0.6) is 0 Å². The molecule has 0 spiro atoms. The molecule has 5 heteroatoms. The summed E-state index contributed by atoms with van der Waals surface area (Å²) in [5.41, 5.74) is 8.25. The third-order valence-electron chi connectivity index (χ3n) is 2.80. The minimum atomic E-state index is -0.436. The number of carbonyl (C=O) groups is 1. The van der Waals surface area contributed by atoms with Crippen molar-refractivity contribution in [3.05, 3.63) is 57.5 Å². The second kappa shape index (κ2) is 4.97. The van der Waals surface area contributed by atoms with Crippen LogP contribution in [-0.4, -0.2) is 10.9 Å². The van der Waals surface area contributed by atoms with Gasteiger partial charge in [0.25, 0.3) is 5.91 Å². The predicted molar refractivity (Wildman–Crippen MR) is 75.3 cm³/mol. The average molecular weight is 257 g/mol. The Morgan fingerprint density at radius 2 is 2.00 bits per heavy atom. The normalized spacial score (nSPS) is 10.2. The molecule has 0 bridgehead atoms. The number of H-pyrrole nitrogens is 1. The van der Waals surface area contributed by atoms with E-state index in [-0.39, 0.29) is 11.0 Å². The lowest BCUT2D eigenvalue weighted by molar-refractivity contribution is 0.102. The summed E-state index contributed by atoms with van der Waals surface area (Å²) < 4.78 is 0. The molecule has 0 saturated carbocycles. The zero-order chi connectivity index (χ0) is 14.0. The lowest BCUT2D eigenvalue weighted by Gasteiger charge is -2.08. The van der Waals surface area contributed by atoms with Crippen molar-refractivity contribution in [3.63, 3.8) is 0 Å². The molecule has 1 aromatic heterocycles. The molecule has 0 fully saturated rings. The van der Waals surface area contributed by atoms with Gasteiger partial charge in [-0.15, -0.1) is 0 Å². The molecule has 19 heavy (non-hydrogen) atoms. The van der Waals surface area contributed by atoms with Gasteiger partial charge in [0.05, 0.1) is 0 Å². The molecule has 0 radical (unpaired) electrons. The Hall–Kier alpha value is -2.56. The Labute approximate surface area is 110 Å². The van der Waals surface area contributed by atoms with Crippen LogP contribution in [-0.2, 0) is 0 Å². The monoisotopic (exact) mass is 257 g/mol. The van der Waals surface area contributed by atoms with Crippen molar-refractivity contribution in [2.75, 3.05) is 11.1 Å². The van der Waals surface area contributed by atoms with Crippen molar-refractivity contribution in [2.45, 2.75) is 13.8 Å². The van der Waals surface area contributed by atoms with Crippen LogP contribution in [0.25, 0.3) is 0 Å². The van der Waals surface area contributed by atoms with Crippen LogP contribution in [0.3, 0.4) is 0 Å². The van der Waals surface area contributed by atoms with E-state index in [0.717, 1.165) is 5.56 Å². The lowest BCUT2D eigenvalue weighted by Crippen LogP contribution is -2.21. The zero-order valence-corrected chi connectivity index (χ0v) is 10.8. The number of nitrogens with one attached hydrogen (secondary N) is 2. The summed E-state index contributed by atoms with van der Waals surface area (Å²) >= 11 is 0. The second-order valence-corrected chi connectivity index (χ2v) is 4.42. The van der Waals surface area contributed by atoms with E-state index in [9.17, 15) is 9.59 Å². The highest BCUT2D eigenvalue weighted by atomic mass is 16.2. The number of hydrogen-bond acceptors (Lipinski definition) is 3. The first kappa shape index (κ1) is 12.9. The number of rotatable bonds is 2. The molecule has 4 N–H and O–H groups in total. The van der Waals surface area contributed by atoms with Crippen molar-refractivity contribution in [1.82, 2.24) is 4.98 Å². The van der Waals surface area contributed by atoms with Gasteiger partial charge in [-0.2, -0.15) is 0 Å². The SMILES string of the molecule is Cc1cc(=O)c(C(=O)Nc2ccc(N)cc2C)c[nH]1. The summed E-state index contributed by atoms with van der Waals surface area (Å²) in [5, 5.41) is 2.70. The number of benzene rings is 1. The standard InChI is InChI=1S/C14H15N3O2/c1-8-5-10(15)3-4-12(8)17-14(19)11-7-16-9(2)6-13(11)18/h3-7H,15H2,1-2H3,(H,16,18)(H,17,19). The summed E-state index contributed by atoms with van der Waals surface area (Å²) in [4.78, 5) is 26.6. The molecule has 0 aliphatic rings. The number of amides is 1. The highest BCUT2D eigenvalue weighted by Crippen LogP contribution is 2.18. The van der Waals surface area contributed by atoms with E-state index in [2.05, 4.69) is 10.3 Å². The molecule has 5 nitrogen and oxygen atoms in total. The van der Waals surface area contributed by atoms with Gasteiger partial charge in [-0.25, -0.2) is 0 Å². The van der Waals surface area contributed by atoms with Gasteiger partial charge < -0.3 is 16.0 Å². The number of aromatic nitrogens is 1. The van der Waals surface area contributed by atoms with Crippen LogP contribution in [0.15, 0.2) is 35.3 Å². The van der Waals surface area contributed by atoms with Crippen LogP contribution in [0.2, 0.25) is 0 Å². The van der Waals surface area contributed by atoms with E-state index in [4.69, 9.17) is 5.73 Å². The van der Waals surface area contributed by atoms with Crippen LogP contribution >= 0.6 is 0 Å². The zero-order valence-electron chi connectivity index (χ0n) is 10.8. The summed E-state index contributed by atoms with van der Waals surface area (Å²) in [5.74, 6) is -0.436. The largest absolute Gasteiger partial charge is 0.399 e. The van der Waals surface area contributed by atoms with Crippen LogP contribution < -0.4 is 16.5 Å². The minimum absolute atomic E-state index is 0.0850. The Balaban J connectivity index is 2.28. The molecule has 1 heterocycles. The van der Waals surface area contributed by atoms with Gasteiger partial charge in [-0.1, -0.05) is 0 Å². The predicted octanol–water partition coefficient (Wildman–Crippen LogP) is 1.83. The highest BCUT2D eigenvalue weighted by Gasteiger charge is 2.11. The van der Waals surface area contributed by atoms with Gasteiger partial charge in [0, 0.05) is 29.3 Å². The number of nitrogen functional groups attached to an aromatic ring is 1. The van der Waals surface area contributed by atoms with Crippen LogP contribution in [0.1, 0.15) is 21.6 Å². The lowest BCUT2D eigenvalue weighted by atomic mass is 10.1. The van der Waals surface area contributed by atoms with E-state index in [0.29, 0.717) is 17.1 Å². The summed E-state index contributed by atoms with van der Waals surface area (Å²) in [6, 6.07) is 6.56. The van der Waals surface area contributed by atoms with Crippen molar-refractivity contribution in [2.24, 2.45) is 0 Å². The van der Waals surface area contributed by atoms with Gasteiger partial charge in [0.2, 0.25) is 0 Å². The van der Waals surface area contributed by atoms with Crippen molar-refractivity contribution in [3.8, 4) is 0 Å². The molecule has 2 rings (SSSR count). The fourth-order valence-corrected chi connectivity index (χ4v) is 1.77. The van der Waals surface area contributed by atoms with E-state index in [1.54, 1.807) is 25.1 Å². The number of nitrogens with two attached hydrogens (primary N) is 1. The number of aromatic amines is 1. The van der Waals surface area contributed by atoms with E-state index < -0.39 is 5.91 Å². The molecular formula is C14H15N3O2. The van der Waals surface area contributed by atoms with Crippen molar-refractivity contribution >= 4 is 17.3 Å². The molecule has 0 aliphatic carbocycles. The smallest absolute Gasteiger partial charge is 0.261 e. The molecule has 1 amide bonds. The summed E-state index contributed by atoms with van der Waals surface area (Å²) in [7, 11) is 0. The Bertz CT molecular complexity index is 689. The maximum atomic E-state index is 12.0. The molecule has 1 aromatic carbocycles. The maximum absolute atomic E-state index is 12.0. The quantitative estimate of drug-likeness (QED) is 0.717. The molecule has 98 valence electrons. The summed E-state index contributed by atoms with van der Waals surface area (Å²) in [6.07, 6.45) is 1.42. The number of carbonyl (C=O) groups excluding carboxylic acids is 1. The van der Waals surface area contributed by atoms with Crippen LogP contribution in [0.4, 0.5) is 11.4 Å². The minimum Gasteiger partial charge on any atom is -0.399 e. The topological polar surface area (TPSA) is 88.0 Å². The first-order valence-corrected chi connectivity index (χ1v) is 5.84. The Kier molecular flexibility index (Phi) is 3.37. The third-order valence-corrected chi connectivity index (χ3v) is 2.80. The van der Waals surface area contributed by atoms with E-state index >= 15 is 0 Å². The van der Waals surface area contributed by atoms with Gasteiger partial charge in [0.15, 0.2) is 5.43 Å². The molecular weight excluding hydrogens is 242 g/mol. The maximum Gasteiger partial charge on any atom is 0.261 e. The molecule has 0 unspecified atom stereocenters. The van der Waals surface area contributed by atoms with Crippen LogP contribution in [0, 0.1) is 13.8 Å².